The predicted octanol–water partition coefficient (Wildman–Crippen LogP) is 3.98. The van der Waals surface area contributed by atoms with Gasteiger partial charge in [0.25, 0.3) is 0 Å². The van der Waals surface area contributed by atoms with Crippen LogP contribution in [0.2, 0.25) is 0 Å². The highest BCUT2D eigenvalue weighted by Gasteiger charge is 2.60. The first-order valence-electron chi connectivity index (χ1n) is 5.06. The van der Waals surface area contributed by atoms with E-state index in [4.69, 9.17) is 34.8 Å². The van der Waals surface area contributed by atoms with Crippen molar-refractivity contribution in [3.63, 3.8) is 0 Å². The first-order chi connectivity index (χ1) is 6.00. The Labute approximate surface area is 93.9 Å². The molecule has 0 aromatic heterocycles. The average molecular weight is 240 g/mol. The molecule has 4 rings (SSSR count). The molecule has 4 saturated carbocycles. The van der Waals surface area contributed by atoms with Gasteiger partial charge in [0.15, 0.2) is 0 Å². The maximum atomic E-state index is 6.54. The molecule has 4 atom stereocenters. The van der Waals surface area contributed by atoms with Crippen LogP contribution in [0.1, 0.15) is 32.1 Å². The minimum absolute atomic E-state index is 0.0593. The highest BCUT2D eigenvalue weighted by molar-refractivity contribution is 6.49. The van der Waals surface area contributed by atoms with Crippen molar-refractivity contribution in [2.75, 3.05) is 0 Å². The second-order valence-corrected chi connectivity index (χ2v) is 7.42. The smallest absolute Gasteiger partial charge is 0.119 e. The van der Waals surface area contributed by atoms with E-state index in [2.05, 4.69) is 0 Å². The zero-order valence-corrected chi connectivity index (χ0v) is 9.67. The predicted molar refractivity (Wildman–Crippen MR) is 56.6 cm³/mol. The van der Waals surface area contributed by atoms with Gasteiger partial charge in [-0.05, 0) is 49.9 Å². The van der Waals surface area contributed by atoms with Crippen LogP contribution >= 0.6 is 34.8 Å². The molecular formula is C10H13Cl3. The summed E-state index contributed by atoms with van der Waals surface area (Å²) in [5, 5.41) is 0. The van der Waals surface area contributed by atoms with E-state index in [1.807, 2.05) is 0 Å². The van der Waals surface area contributed by atoms with E-state index in [0.717, 1.165) is 18.8 Å². The summed E-state index contributed by atoms with van der Waals surface area (Å²) in [4.78, 5) is 0.0593. The molecule has 13 heavy (non-hydrogen) atoms. The van der Waals surface area contributed by atoms with Crippen LogP contribution in [-0.2, 0) is 0 Å². The maximum absolute atomic E-state index is 6.54. The molecule has 0 radical (unpaired) electrons. The van der Waals surface area contributed by atoms with Gasteiger partial charge in [0, 0.05) is 4.87 Å². The molecule has 4 bridgehead atoms. The van der Waals surface area contributed by atoms with Gasteiger partial charge >= 0.3 is 0 Å². The van der Waals surface area contributed by atoms with Gasteiger partial charge in [-0.2, -0.15) is 0 Å². The van der Waals surface area contributed by atoms with Crippen LogP contribution in [0.5, 0.6) is 0 Å². The third kappa shape index (κ3) is 1.18. The highest BCUT2D eigenvalue weighted by atomic mass is 35.5. The van der Waals surface area contributed by atoms with E-state index in [0.29, 0.717) is 11.8 Å². The Morgan fingerprint density at radius 1 is 0.846 bits per heavy atom. The standard InChI is InChI=1S/C10H13Cl3/c11-9-3-6-1-7(4-9)10(12,13)8(2-6)5-9/h6-8H,1-5H2/t6?,7-,8+,9?. The topological polar surface area (TPSA) is 0 Å². The third-order valence-electron chi connectivity index (χ3n) is 4.20. The molecule has 0 aromatic carbocycles. The summed E-state index contributed by atoms with van der Waals surface area (Å²) in [6.07, 6.45) is 5.68. The summed E-state index contributed by atoms with van der Waals surface area (Å²) in [7, 11) is 0. The van der Waals surface area contributed by atoms with Crippen molar-refractivity contribution in [1.82, 2.24) is 0 Å². The van der Waals surface area contributed by atoms with Gasteiger partial charge in [0.2, 0.25) is 0 Å². The van der Waals surface area contributed by atoms with E-state index in [1.165, 1.54) is 19.3 Å². The lowest BCUT2D eigenvalue weighted by Gasteiger charge is -2.59. The fourth-order valence-electron chi connectivity index (χ4n) is 3.80. The second-order valence-electron chi connectivity index (χ2n) is 5.17. The lowest BCUT2D eigenvalue weighted by Crippen LogP contribution is -2.57. The normalized spacial score (nSPS) is 57.0. The quantitative estimate of drug-likeness (QED) is 0.561. The Balaban J connectivity index is 1.99. The van der Waals surface area contributed by atoms with Gasteiger partial charge in [-0.1, -0.05) is 0 Å². The largest absolute Gasteiger partial charge is 0.124 e. The lowest BCUT2D eigenvalue weighted by molar-refractivity contribution is 0.0245. The van der Waals surface area contributed by atoms with Gasteiger partial charge in [-0.3, -0.25) is 0 Å². The van der Waals surface area contributed by atoms with Crippen molar-refractivity contribution in [3.05, 3.63) is 0 Å². The molecule has 0 nitrogen and oxygen atoms in total. The Morgan fingerprint density at radius 2 is 1.38 bits per heavy atom. The van der Waals surface area contributed by atoms with Crippen LogP contribution < -0.4 is 0 Å². The summed E-state index contributed by atoms with van der Waals surface area (Å²) in [6, 6.07) is 0. The van der Waals surface area contributed by atoms with Crippen molar-refractivity contribution >= 4 is 34.8 Å². The van der Waals surface area contributed by atoms with Crippen LogP contribution in [0.15, 0.2) is 0 Å². The molecule has 0 saturated heterocycles. The van der Waals surface area contributed by atoms with E-state index in [9.17, 15) is 0 Å². The molecule has 74 valence electrons. The molecule has 4 fully saturated rings. The first-order valence-corrected chi connectivity index (χ1v) is 6.20. The van der Waals surface area contributed by atoms with Gasteiger partial charge in [-0.15, -0.1) is 34.8 Å². The van der Waals surface area contributed by atoms with Crippen LogP contribution in [0.25, 0.3) is 0 Å². The van der Waals surface area contributed by atoms with Crippen molar-refractivity contribution in [1.29, 1.82) is 0 Å². The van der Waals surface area contributed by atoms with Crippen molar-refractivity contribution < 1.29 is 0 Å². The van der Waals surface area contributed by atoms with Crippen molar-refractivity contribution in [2.45, 2.75) is 41.3 Å². The fraction of sp³-hybridized carbons (Fsp3) is 1.00. The Hall–Kier alpha value is 0.870. The number of halogens is 3. The molecule has 3 heteroatoms. The summed E-state index contributed by atoms with van der Waals surface area (Å²) in [6.45, 7) is 0. The molecule has 0 heterocycles. The first kappa shape index (κ1) is 9.12. The van der Waals surface area contributed by atoms with Gasteiger partial charge in [0.05, 0.1) is 0 Å². The summed E-state index contributed by atoms with van der Waals surface area (Å²) in [5.74, 6) is 1.72. The fourth-order valence-corrected chi connectivity index (χ4v) is 5.06. The highest BCUT2D eigenvalue weighted by Crippen LogP contribution is 2.65. The molecule has 0 spiro atoms. The van der Waals surface area contributed by atoms with Gasteiger partial charge in [0.1, 0.15) is 4.33 Å². The van der Waals surface area contributed by atoms with E-state index in [-0.39, 0.29) is 4.87 Å². The molecule has 0 aromatic rings. The van der Waals surface area contributed by atoms with E-state index < -0.39 is 4.33 Å². The third-order valence-corrected chi connectivity index (χ3v) is 5.90. The van der Waals surface area contributed by atoms with E-state index >= 15 is 0 Å². The van der Waals surface area contributed by atoms with Crippen molar-refractivity contribution in [3.8, 4) is 0 Å². The Bertz CT molecular complexity index is 231. The number of hydrogen-bond donors (Lipinski definition) is 0. The van der Waals surface area contributed by atoms with Gasteiger partial charge < -0.3 is 0 Å². The number of alkyl halides is 3. The van der Waals surface area contributed by atoms with Crippen LogP contribution in [-0.4, -0.2) is 9.21 Å². The molecular weight excluding hydrogens is 226 g/mol. The second kappa shape index (κ2) is 2.51. The Morgan fingerprint density at radius 3 is 1.85 bits per heavy atom. The zero-order valence-electron chi connectivity index (χ0n) is 7.40. The minimum atomic E-state index is -0.463. The van der Waals surface area contributed by atoms with Crippen LogP contribution in [0.4, 0.5) is 0 Å². The zero-order chi connectivity index (χ0) is 9.27. The van der Waals surface area contributed by atoms with E-state index in [1.54, 1.807) is 0 Å². The maximum Gasteiger partial charge on any atom is 0.124 e. The van der Waals surface area contributed by atoms with Crippen molar-refractivity contribution in [2.24, 2.45) is 17.8 Å². The average Bonchev–Trinajstić information content (AvgIpc) is 1.97. The molecule has 4 aliphatic carbocycles. The lowest BCUT2D eigenvalue weighted by atomic mass is 9.55. The van der Waals surface area contributed by atoms with Crippen LogP contribution in [0, 0.1) is 17.8 Å². The SMILES string of the molecule is ClC12CC3C[C@H](C1)C(Cl)(Cl)[C@@H](C3)C2. The Kier molecular flexibility index (Phi) is 1.76. The minimum Gasteiger partial charge on any atom is -0.119 e. The summed E-state index contributed by atoms with van der Waals surface area (Å²) >= 11 is 19.3. The summed E-state index contributed by atoms with van der Waals surface area (Å²) < 4.78 is -0.463. The summed E-state index contributed by atoms with van der Waals surface area (Å²) in [5.41, 5.74) is 0. The number of hydrogen-bond acceptors (Lipinski definition) is 0. The molecule has 2 unspecified atom stereocenters. The molecule has 0 amide bonds. The van der Waals surface area contributed by atoms with Crippen LogP contribution in [0.3, 0.4) is 0 Å². The molecule has 4 aliphatic rings. The monoisotopic (exact) mass is 238 g/mol. The van der Waals surface area contributed by atoms with Gasteiger partial charge in [-0.25, -0.2) is 0 Å². The molecule has 0 aliphatic heterocycles. The molecule has 0 N–H and O–H groups in total. The number of rotatable bonds is 0.